The van der Waals surface area contributed by atoms with Crippen LogP contribution in [0.1, 0.15) is 13.8 Å². The van der Waals surface area contributed by atoms with E-state index in [-0.39, 0.29) is 17.9 Å². The molecule has 2 aromatic rings. The molecule has 0 aromatic carbocycles. The summed E-state index contributed by atoms with van der Waals surface area (Å²) in [5, 5.41) is 4.34. The summed E-state index contributed by atoms with van der Waals surface area (Å²) in [6.07, 6.45) is 2.24. The van der Waals surface area contributed by atoms with Crippen molar-refractivity contribution >= 4 is 5.65 Å². The molecule has 0 saturated carbocycles. The molecule has 2 aromatic heterocycles. The molecule has 3 rings (SSSR count). The average Bonchev–Trinajstić information content (AvgIpc) is 2.73. The Kier molecular flexibility index (Phi) is 3.58. The van der Waals surface area contributed by atoms with Gasteiger partial charge in [0.05, 0.1) is 18.8 Å². The van der Waals surface area contributed by atoms with Crippen LogP contribution < -0.4 is 5.69 Å². The van der Waals surface area contributed by atoms with Gasteiger partial charge in [-0.25, -0.2) is 9.48 Å². The first kappa shape index (κ1) is 13.3. The van der Waals surface area contributed by atoms with E-state index in [9.17, 15) is 4.79 Å². The molecule has 6 nitrogen and oxygen atoms in total. The number of pyridine rings is 1. The van der Waals surface area contributed by atoms with Crippen LogP contribution in [-0.4, -0.2) is 50.9 Å². The molecule has 0 unspecified atom stereocenters. The number of ether oxygens (including phenoxy) is 1. The van der Waals surface area contributed by atoms with Crippen LogP contribution in [0.15, 0.2) is 29.2 Å². The molecular formula is C14H20N4O2. The van der Waals surface area contributed by atoms with Crippen LogP contribution in [0.2, 0.25) is 0 Å². The zero-order valence-electron chi connectivity index (χ0n) is 11.9. The summed E-state index contributed by atoms with van der Waals surface area (Å²) in [4.78, 5) is 14.5. The van der Waals surface area contributed by atoms with Crippen LogP contribution in [0.5, 0.6) is 0 Å². The summed E-state index contributed by atoms with van der Waals surface area (Å²) in [5.41, 5.74) is 0.621. The Hall–Kier alpha value is -1.66. The second kappa shape index (κ2) is 5.38. The Bertz CT molecular complexity index is 638. The molecule has 1 aliphatic rings. The van der Waals surface area contributed by atoms with Gasteiger partial charge in [0.25, 0.3) is 0 Å². The first-order chi connectivity index (χ1) is 9.63. The molecule has 0 aliphatic carbocycles. The molecule has 0 N–H and O–H groups in total. The molecule has 2 atom stereocenters. The highest BCUT2D eigenvalue weighted by molar-refractivity contribution is 5.35. The average molecular weight is 276 g/mol. The Morgan fingerprint density at radius 1 is 1.25 bits per heavy atom. The Balaban J connectivity index is 1.71. The van der Waals surface area contributed by atoms with E-state index in [0.717, 1.165) is 19.6 Å². The summed E-state index contributed by atoms with van der Waals surface area (Å²) in [5.74, 6) is 0. The summed E-state index contributed by atoms with van der Waals surface area (Å²) < 4.78 is 8.83. The Morgan fingerprint density at radius 2 is 2.00 bits per heavy atom. The minimum atomic E-state index is -0.0741. The molecule has 20 heavy (non-hydrogen) atoms. The van der Waals surface area contributed by atoms with Crippen LogP contribution in [0.25, 0.3) is 5.65 Å². The van der Waals surface area contributed by atoms with E-state index < -0.39 is 0 Å². The maximum atomic E-state index is 12.2. The fourth-order valence-electron chi connectivity index (χ4n) is 2.82. The third kappa shape index (κ3) is 2.62. The number of aromatic nitrogens is 3. The van der Waals surface area contributed by atoms with E-state index in [1.807, 2.05) is 18.2 Å². The lowest BCUT2D eigenvalue weighted by molar-refractivity contribution is -0.0687. The molecule has 0 amide bonds. The third-order valence-electron chi connectivity index (χ3n) is 3.61. The SMILES string of the molecule is C[C@@H]1CN(CCn2nc3ccccn3c2=O)C[C@H](C)O1. The van der Waals surface area contributed by atoms with E-state index >= 15 is 0 Å². The lowest BCUT2D eigenvalue weighted by Crippen LogP contribution is -2.46. The van der Waals surface area contributed by atoms with Crippen molar-refractivity contribution in [2.75, 3.05) is 19.6 Å². The fourth-order valence-corrected chi connectivity index (χ4v) is 2.82. The van der Waals surface area contributed by atoms with Gasteiger partial charge in [-0.05, 0) is 26.0 Å². The van der Waals surface area contributed by atoms with Gasteiger partial charge in [0.2, 0.25) is 0 Å². The van der Waals surface area contributed by atoms with Crippen LogP contribution in [0.3, 0.4) is 0 Å². The van der Waals surface area contributed by atoms with Crippen molar-refractivity contribution in [1.29, 1.82) is 0 Å². The molecule has 6 heteroatoms. The van der Waals surface area contributed by atoms with Gasteiger partial charge in [-0.1, -0.05) is 6.07 Å². The van der Waals surface area contributed by atoms with Gasteiger partial charge in [-0.15, -0.1) is 5.10 Å². The van der Waals surface area contributed by atoms with E-state index in [1.165, 1.54) is 0 Å². The molecule has 108 valence electrons. The van der Waals surface area contributed by atoms with Gasteiger partial charge in [-0.2, -0.15) is 0 Å². The van der Waals surface area contributed by atoms with Crippen molar-refractivity contribution < 1.29 is 4.74 Å². The van der Waals surface area contributed by atoms with Gasteiger partial charge in [0.15, 0.2) is 5.65 Å². The normalized spacial score (nSPS) is 24.3. The summed E-state index contributed by atoms with van der Waals surface area (Å²) in [6, 6.07) is 5.57. The van der Waals surface area contributed by atoms with Crippen molar-refractivity contribution in [3.8, 4) is 0 Å². The number of rotatable bonds is 3. The van der Waals surface area contributed by atoms with Gasteiger partial charge in [0, 0.05) is 25.8 Å². The molecule has 1 saturated heterocycles. The molecule has 0 bridgehead atoms. The molecule has 1 fully saturated rings. The lowest BCUT2D eigenvalue weighted by Gasteiger charge is -2.35. The lowest BCUT2D eigenvalue weighted by atomic mass is 10.2. The van der Waals surface area contributed by atoms with Crippen molar-refractivity contribution in [3.05, 3.63) is 34.9 Å². The second-order valence-electron chi connectivity index (χ2n) is 5.45. The van der Waals surface area contributed by atoms with Crippen molar-refractivity contribution in [2.24, 2.45) is 0 Å². The fraction of sp³-hybridized carbons (Fsp3) is 0.571. The smallest absolute Gasteiger partial charge is 0.350 e. The minimum Gasteiger partial charge on any atom is -0.373 e. The summed E-state index contributed by atoms with van der Waals surface area (Å²) >= 11 is 0. The Labute approximate surface area is 117 Å². The topological polar surface area (TPSA) is 51.8 Å². The third-order valence-corrected chi connectivity index (χ3v) is 3.61. The maximum Gasteiger partial charge on any atom is 0.350 e. The predicted octanol–water partition coefficient (Wildman–Crippen LogP) is 0.605. The monoisotopic (exact) mass is 276 g/mol. The standard InChI is InChI=1S/C14H20N4O2/c1-11-9-16(10-12(2)20-11)7-8-18-14(19)17-6-4-3-5-13(17)15-18/h3-6,11-12H,7-10H2,1-2H3/t11-,12+. The van der Waals surface area contributed by atoms with Crippen molar-refractivity contribution in [2.45, 2.75) is 32.6 Å². The van der Waals surface area contributed by atoms with Gasteiger partial charge < -0.3 is 4.74 Å². The first-order valence-electron chi connectivity index (χ1n) is 7.05. The van der Waals surface area contributed by atoms with Gasteiger partial charge in [0.1, 0.15) is 0 Å². The highest BCUT2D eigenvalue weighted by Crippen LogP contribution is 2.10. The van der Waals surface area contributed by atoms with E-state index in [0.29, 0.717) is 12.2 Å². The van der Waals surface area contributed by atoms with Crippen molar-refractivity contribution in [3.63, 3.8) is 0 Å². The predicted molar refractivity (Wildman–Crippen MR) is 75.9 cm³/mol. The molecule has 0 spiro atoms. The number of nitrogens with zero attached hydrogens (tertiary/aromatic N) is 4. The summed E-state index contributed by atoms with van der Waals surface area (Å²) in [7, 11) is 0. The summed E-state index contributed by atoms with van der Waals surface area (Å²) in [6.45, 7) is 7.42. The quantitative estimate of drug-likeness (QED) is 0.824. The van der Waals surface area contributed by atoms with Crippen LogP contribution >= 0.6 is 0 Å². The highest BCUT2D eigenvalue weighted by Gasteiger charge is 2.22. The van der Waals surface area contributed by atoms with Gasteiger partial charge in [-0.3, -0.25) is 9.30 Å². The largest absolute Gasteiger partial charge is 0.373 e. The molecule has 0 radical (unpaired) electrons. The van der Waals surface area contributed by atoms with Crippen LogP contribution in [0, 0.1) is 0 Å². The number of hydrogen-bond donors (Lipinski definition) is 0. The van der Waals surface area contributed by atoms with Crippen molar-refractivity contribution in [1.82, 2.24) is 19.1 Å². The Morgan fingerprint density at radius 3 is 2.70 bits per heavy atom. The zero-order chi connectivity index (χ0) is 14.1. The van der Waals surface area contributed by atoms with Crippen LogP contribution in [-0.2, 0) is 11.3 Å². The number of fused-ring (bicyclic) bond motifs is 1. The second-order valence-corrected chi connectivity index (χ2v) is 5.45. The van der Waals surface area contributed by atoms with E-state index in [1.54, 1.807) is 15.3 Å². The highest BCUT2D eigenvalue weighted by atomic mass is 16.5. The maximum absolute atomic E-state index is 12.2. The van der Waals surface area contributed by atoms with E-state index in [2.05, 4.69) is 23.8 Å². The number of hydrogen-bond acceptors (Lipinski definition) is 4. The van der Waals surface area contributed by atoms with E-state index in [4.69, 9.17) is 4.74 Å². The number of morpholine rings is 1. The minimum absolute atomic E-state index is 0.0741. The molecule has 1 aliphatic heterocycles. The molecule has 3 heterocycles. The first-order valence-corrected chi connectivity index (χ1v) is 7.05. The van der Waals surface area contributed by atoms with Gasteiger partial charge >= 0.3 is 5.69 Å². The molecular weight excluding hydrogens is 256 g/mol. The zero-order valence-corrected chi connectivity index (χ0v) is 11.9. The van der Waals surface area contributed by atoms with Crippen LogP contribution in [0.4, 0.5) is 0 Å².